The fourth-order valence-corrected chi connectivity index (χ4v) is 2.32. The van der Waals surface area contributed by atoms with Gasteiger partial charge in [0.15, 0.2) is 0 Å². The summed E-state index contributed by atoms with van der Waals surface area (Å²) >= 11 is 0. The Kier molecular flexibility index (Phi) is 9.67. The van der Waals surface area contributed by atoms with Crippen LogP contribution in [-0.2, 0) is 14.3 Å². The van der Waals surface area contributed by atoms with Crippen LogP contribution in [0.3, 0.4) is 0 Å². The lowest BCUT2D eigenvalue weighted by Gasteiger charge is -2.16. The Morgan fingerprint density at radius 3 is 2.53 bits per heavy atom. The molecule has 0 aromatic heterocycles. The first-order chi connectivity index (χ1) is 9.33. The second-order valence-electron chi connectivity index (χ2n) is 5.04. The van der Waals surface area contributed by atoms with E-state index >= 15 is 0 Å². The SMILES string of the molecule is COCCOCC(=O)NCCNC1CCCCCC1. The van der Waals surface area contributed by atoms with E-state index in [1.54, 1.807) is 7.11 Å². The van der Waals surface area contributed by atoms with Gasteiger partial charge in [-0.05, 0) is 12.8 Å². The lowest BCUT2D eigenvalue weighted by atomic mass is 10.1. The smallest absolute Gasteiger partial charge is 0.246 e. The van der Waals surface area contributed by atoms with Gasteiger partial charge >= 0.3 is 0 Å². The van der Waals surface area contributed by atoms with Gasteiger partial charge in [-0.1, -0.05) is 25.7 Å². The summed E-state index contributed by atoms with van der Waals surface area (Å²) in [4.78, 5) is 11.4. The molecule has 5 nitrogen and oxygen atoms in total. The molecule has 0 atom stereocenters. The quantitative estimate of drug-likeness (QED) is 0.487. The minimum atomic E-state index is -0.0567. The predicted octanol–water partition coefficient (Wildman–Crippen LogP) is 1.08. The first-order valence-electron chi connectivity index (χ1n) is 7.39. The maximum Gasteiger partial charge on any atom is 0.246 e. The van der Waals surface area contributed by atoms with Crippen molar-refractivity contribution < 1.29 is 14.3 Å². The largest absolute Gasteiger partial charge is 0.382 e. The molecule has 5 heteroatoms. The average molecular weight is 272 g/mol. The highest BCUT2D eigenvalue weighted by molar-refractivity contribution is 5.77. The normalized spacial score (nSPS) is 17.1. The van der Waals surface area contributed by atoms with Crippen LogP contribution in [0.15, 0.2) is 0 Å². The fraction of sp³-hybridized carbons (Fsp3) is 0.929. The zero-order valence-corrected chi connectivity index (χ0v) is 12.1. The van der Waals surface area contributed by atoms with Crippen LogP contribution in [0.5, 0.6) is 0 Å². The van der Waals surface area contributed by atoms with Crippen LogP contribution in [0.2, 0.25) is 0 Å². The Morgan fingerprint density at radius 2 is 1.84 bits per heavy atom. The molecule has 0 unspecified atom stereocenters. The summed E-state index contributed by atoms with van der Waals surface area (Å²) in [6, 6.07) is 0.636. The Balaban J connectivity index is 1.92. The molecule has 0 heterocycles. The van der Waals surface area contributed by atoms with E-state index in [0.717, 1.165) is 6.54 Å². The topological polar surface area (TPSA) is 59.6 Å². The third-order valence-electron chi connectivity index (χ3n) is 3.40. The molecule has 112 valence electrons. The zero-order valence-electron chi connectivity index (χ0n) is 12.1. The van der Waals surface area contributed by atoms with Crippen molar-refractivity contribution in [3.05, 3.63) is 0 Å². The van der Waals surface area contributed by atoms with Gasteiger partial charge < -0.3 is 20.1 Å². The van der Waals surface area contributed by atoms with Crippen LogP contribution < -0.4 is 10.6 Å². The highest BCUT2D eigenvalue weighted by Crippen LogP contribution is 2.16. The van der Waals surface area contributed by atoms with Crippen molar-refractivity contribution in [2.24, 2.45) is 0 Å². The van der Waals surface area contributed by atoms with Gasteiger partial charge in [-0.25, -0.2) is 0 Å². The monoisotopic (exact) mass is 272 g/mol. The van der Waals surface area contributed by atoms with E-state index < -0.39 is 0 Å². The second-order valence-corrected chi connectivity index (χ2v) is 5.04. The third-order valence-corrected chi connectivity index (χ3v) is 3.40. The van der Waals surface area contributed by atoms with Crippen molar-refractivity contribution in [1.29, 1.82) is 0 Å². The van der Waals surface area contributed by atoms with Gasteiger partial charge in [-0.2, -0.15) is 0 Å². The lowest BCUT2D eigenvalue weighted by Crippen LogP contribution is -2.38. The molecule has 1 aliphatic carbocycles. The molecule has 2 N–H and O–H groups in total. The minimum Gasteiger partial charge on any atom is -0.382 e. The van der Waals surface area contributed by atoms with Gasteiger partial charge in [0.05, 0.1) is 13.2 Å². The minimum absolute atomic E-state index is 0.0567. The molecule has 19 heavy (non-hydrogen) atoms. The van der Waals surface area contributed by atoms with Crippen molar-refractivity contribution in [3.8, 4) is 0 Å². The summed E-state index contributed by atoms with van der Waals surface area (Å²) in [6.07, 6.45) is 7.94. The van der Waals surface area contributed by atoms with E-state index in [4.69, 9.17) is 9.47 Å². The van der Waals surface area contributed by atoms with Gasteiger partial charge in [0.1, 0.15) is 6.61 Å². The number of carbonyl (C=O) groups excluding carboxylic acids is 1. The zero-order chi connectivity index (χ0) is 13.8. The molecule has 0 saturated heterocycles. The molecule has 1 fully saturated rings. The summed E-state index contributed by atoms with van der Waals surface area (Å²) in [5, 5.41) is 6.37. The van der Waals surface area contributed by atoms with Gasteiger partial charge in [0.25, 0.3) is 0 Å². The Bertz CT molecular complexity index is 229. The summed E-state index contributed by atoms with van der Waals surface area (Å²) in [6.45, 7) is 2.62. The highest BCUT2D eigenvalue weighted by Gasteiger charge is 2.10. The molecule has 0 aliphatic heterocycles. The summed E-state index contributed by atoms with van der Waals surface area (Å²) in [5.41, 5.74) is 0. The first-order valence-corrected chi connectivity index (χ1v) is 7.39. The van der Waals surface area contributed by atoms with E-state index in [9.17, 15) is 4.79 Å². The Labute approximate surface area is 116 Å². The van der Waals surface area contributed by atoms with E-state index in [-0.39, 0.29) is 12.5 Å². The number of hydrogen-bond acceptors (Lipinski definition) is 4. The van der Waals surface area contributed by atoms with Gasteiger partial charge in [0.2, 0.25) is 5.91 Å². The number of rotatable bonds is 9. The number of nitrogens with one attached hydrogen (secondary N) is 2. The maximum atomic E-state index is 11.4. The van der Waals surface area contributed by atoms with Crippen molar-refractivity contribution >= 4 is 5.91 Å². The maximum absolute atomic E-state index is 11.4. The van der Waals surface area contributed by atoms with Gasteiger partial charge in [-0.15, -0.1) is 0 Å². The van der Waals surface area contributed by atoms with Crippen molar-refractivity contribution in [1.82, 2.24) is 10.6 Å². The Morgan fingerprint density at radius 1 is 1.11 bits per heavy atom. The van der Waals surface area contributed by atoms with Crippen LogP contribution in [0.4, 0.5) is 0 Å². The number of ether oxygens (including phenoxy) is 2. The predicted molar refractivity (Wildman–Crippen MR) is 75.2 cm³/mol. The molecular weight excluding hydrogens is 244 g/mol. The van der Waals surface area contributed by atoms with Gasteiger partial charge in [-0.3, -0.25) is 4.79 Å². The molecule has 0 aromatic carbocycles. The van der Waals surface area contributed by atoms with Crippen molar-refractivity contribution in [3.63, 3.8) is 0 Å². The third kappa shape index (κ3) is 8.97. The number of methoxy groups -OCH3 is 1. The molecule has 1 saturated carbocycles. The number of carbonyl (C=O) groups is 1. The highest BCUT2D eigenvalue weighted by atomic mass is 16.5. The molecule has 0 bridgehead atoms. The van der Waals surface area contributed by atoms with Crippen LogP contribution in [0, 0.1) is 0 Å². The molecule has 1 aliphatic rings. The first kappa shape index (κ1) is 16.4. The van der Waals surface area contributed by atoms with E-state index in [2.05, 4.69) is 10.6 Å². The standard InChI is InChI=1S/C14H28N2O3/c1-18-10-11-19-12-14(17)16-9-8-15-13-6-4-2-3-5-7-13/h13,15H,2-12H2,1H3,(H,16,17). The van der Waals surface area contributed by atoms with Crippen LogP contribution in [0.25, 0.3) is 0 Å². The summed E-state index contributed by atoms with van der Waals surface area (Å²) in [7, 11) is 1.61. The molecule has 0 aromatic rings. The van der Waals surface area contributed by atoms with Crippen molar-refractivity contribution in [2.45, 2.75) is 44.6 Å². The lowest BCUT2D eigenvalue weighted by molar-refractivity contribution is -0.126. The molecule has 0 spiro atoms. The van der Waals surface area contributed by atoms with E-state index in [1.165, 1.54) is 38.5 Å². The fourth-order valence-electron chi connectivity index (χ4n) is 2.32. The average Bonchev–Trinajstić information content (AvgIpc) is 2.68. The molecule has 1 rings (SSSR count). The van der Waals surface area contributed by atoms with Crippen LogP contribution in [0.1, 0.15) is 38.5 Å². The summed E-state index contributed by atoms with van der Waals surface area (Å²) < 4.78 is 9.97. The van der Waals surface area contributed by atoms with Crippen LogP contribution in [-0.4, -0.2) is 52.0 Å². The Hall–Kier alpha value is -0.650. The second kappa shape index (κ2) is 11.2. The van der Waals surface area contributed by atoms with Crippen molar-refractivity contribution in [2.75, 3.05) is 40.0 Å². The molecule has 1 amide bonds. The number of amides is 1. The van der Waals surface area contributed by atoms with E-state index in [1.807, 2.05) is 0 Å². The summed E-state index contributed by atoms with van der Waals surface area (Å²) in [5.74, 6) is -0.0567. The van der Waals surface area contributed by atoms with Crippen LogP contribution >= 0.6 is 0 Å². The molecular formula is C14H28N2O3. The number of hydrogen-bond donors (Lipinski definition) is 2. The van der Waals surface area contributed by atoms with Gasteiger partial charge in [0, 0.05) is 26.2 Å². The van der Waals surface area contributed by atoms with E-state index in [0.29, 0.717) is 25.8 Å². The molecule has 0 radical (unpaired) electrons.